The molecule has 0 saturated heterocycles. The largest absolute Gasteiger partial charge is 0.481 e. The van der Waals surface area contributed by atoms with E-state index in [1.165, 1.54) is 5.56 Å². The summed E-state index contributed by atoms with van der Waals surface area (Å²) in [6, 6.07) is 5.78. The number of benzene rings is 1. The van der Waals surface area contributed by atoms with Crippen LogP contribution in [-0.2, 0) is 22.4 Å². The zero-order valence-corrected chi connectivity index (χ0v) is 13.3. The van der Waals surface area contributed by atoms with Crippen LogP contribution in [0.3, 0.4) is 0 Å². The van der Waals surface area contributed by atoms with E-state index in [2.05, 4.69) is 5.32 Å². The summed E-state index contributed by atoms with van der Waals surface area (Å²) in [6.45, 7) is 5.45. The second-order valence-electron chi connectivity index (χ2n) is 6.82. The van der Waals surface area contributed by atoms with E-state index >= 15 is 0 Å². The lowest BCUT2D eigenvalue weighted by atomic mass is 9.82. The first-order valence-corrected chi connectivity index (χ1v) is 7.56. The molecule has 1 unspecified atom stereocenters. The van der Waals surface area contributed by atoms with Crippen LogP contribution in [-0.4, -0.2) is 22.8 Å². The summed E-state index contributed by atoms with van der Waals surface area (Å²) in [5, 5.41) is 11.6. The Morgan fingerprint density at radius 2 is 2.05 bits per heavy atom. The van der Waals surface area contributed by atoms with Gasteiger partial charge in [-0.25, -0.2) is 4.79 Å². The van der Waals surface area contributed by atoms with Gasteiger partial charge in [-0.2, -0.15) is 0 Å². The number of anilines is 1. The van der Waals surface area contributed by atoms with Crippen LogP contribution in [0.25, 0.3) is 0 Å². The number of carbonyl (C=O) groups excluding carboxylic acids is 1. The summed E-state index contributed by atoms with van der Waals surface area (Å²) >= 11 is 0. The molecule has 5 heteroatoms. The summed E-state index contributed by atoms with van der Waals surface area (Å²) in [5.74, 6) is -0.585. The first kappa shape index (κ1) is 16.3. The molecule has 2 rings (SSSR count). The summed E-state index contributed by atoms with van der Waals surface area (Å²) in [7, 11) is 0. The van der Waals surface area contributed by atoms with Crippen molar-refractivity contribution >= 4 is 17.7 Å². The van der Waals surface area contributed by atoms with Crippen molar-refractivity contribution in [1.82, 2.24) is 0 Å². The highest BCUT2D eigenvalue weighted by Gasteiger charge is 2.22. The monoisotopic (exact) mass is 305 g/mol. The fraction of sp³-hybridized carbons (Fsp3) is 0.529. The van der Waals surface area contributed by atoms with Crippen LogP contribution in [0, 0.1) is 5.92 Å². The Labute approximate surface area is 130 Å². The fourth-order valence-electron chi connectivity index (χ4n) is 2.75. The van der Waals surface area contributed by atoms with Crippen LogP contribution in [0.5, 0.6) is 0 Å². The Hall–Kier alpha value is -2.04. The normalized spacial score (nSPS) is 17.5. The van der Waals surface area contributed by atoms with Gasteiger partial charge in [0.15, 0.2) is 0 Å². The van der Waals surface area contributed by atoms with Gasteiger partial charge in [0.1, 0.15) is 5.60 Å². The van der Waals surface area contributed by atoms with Gasteiger partial charge in [0.05, 0.1) is 0 Å². The van der Waals surface area contributed by atoms with Gasteiger partial charge >= 0.3 is 12.1 Å². The van der Waals surface area contributed by atoms with Crippen LogP contribution in [0.4, 0.5) is 10.5 Å². The smallest absolute Gasteiger partial charge is 0.412 e. The first-order chi connectivity index (χ1) is 10.2. The topological polar surface area (TPSA) is 75.6 Å². The third kappa shape index (κ3) is 4.76. The van der Waals surface area contributed by atoms with Crippen LogP contribution in [0.1, 0.15) is 44.7 Å². The molecule has 0 bridgehead atoms. The lowest BCUT2D eigenvalue weighted by Gasteiger charge is -2.24. The third-order valence-electron chi connectivity index (χ3n) is 3.65. The SMILES string of the molecule is CC(C)(C)OC(=O)Nc1ccc2c(c1)CC(CC(=O)O)CC2. The zero-order valence-electron chi connectivity index (χ0n) is 13.3. The van der Waals surface area contributed by atoms with Gasteiger partial charge in [-0.15, -0.1) is 0 Å². The fourth-order valence-corrected chi connectivity index (χ4v) is 2.75. The Morgan fingerprint density at radius 3 is 2.68 bits per heavy atom. The van der Waals surface area contributed by atoms with Crippen LogP contribution in [0.15, 0.2) is 18.2 Å². The van der Waals surface area contributed by atoms with Crippen molar-refractivity contribution in [2.45, 2.75) is 52.1 Å². The molecule has 5 nitrogen and oxygen atoms in total. The van der Waals surface area contributed by atoms with E-state index in [9.17, 15) is 9.59 Å². The standard InChI is InChI=1S/C17H23NO4/c1-17(2,3)22-16(21)18-14-7-6-12-5-4-11(9-15(19)20)8-13(12)10-14/h6-7,10-11H,4-5,8-9H2,1-3H3,(H,18,21)(H,19,20). The minimum absolute atomic E-state index is 0.168. The number of hydrogen-bond donors (Lipinski definition) is 2. The number of aliphatic carboxylic acids is 1. The van der Waals surface area contributed by atoms with Gasteiger partial charge in [0.2, 0.25) is 0 Å². The van der Waals surface area contributed by atoms with E-state index < -0.39 is 17.7 Å². The zero-order chi connectivity index (χ0) is 16.3. The average Bonchev–Trinajstić information content (AvgIpc) is 2.35. The van der Waals surface area contributed by atoms with Gasteiger partial charge in [-0.3, -0.25) is 10.1 Å². The maximum Gasteiger partial charge on any atom is 0.412 e. The Balaban J connectivity index is 2.04. The van der Waals surface area contributed by atoms with Crippen molar-refractivity contribution in [3.63, 3.8) is 0 Å². The molecule has 0 aliphatic heterocycles. The van der Waals surface area contributed by atoms with Crippen molar-refractivity contribution in [2.75, 3.05) is 5.32 Å². The van der Waals surface area contributed by atoms with E-state index in [0.717, 1.165) is 24.8 Å². The maximum absolute atomic E-state index is 11.8. The molecular weight excluding hydrogens is 282 g/mol. The van der Waals surface area contributed by atoms with Gasteiger partial charge in [0, 0.05) is 12.1 Å². The minimum Gasteiger partial charge on any atom is -0.481 e. The number of fused-ring (bicyclic) bond motifs is 1. The van der Waals surface area contributed by atoms with E-state index in [0.29, 0.717) is 5.69 Å². The summed E-state index contributed by atoms with van der Waals surface area (Å²) < 4.78 is 5.23. The van der Waals surface area contributed by atoms with Crippen LogP contribution >= 0.6 is 0 Å². The molecule has 0 radical (unpaired) electrons. The molecule has 0 fully saturated rings. The quantitative estimate of drug-likeness (QED) is 0.894. The molecule has 1 aliphatic carbocycles. The summed E-state index contributed by atoms with van der Waals surface area (Å²) in [5.41, 5.74) is 2.50. The highest BCUT2D eigenvalue weighted by molar-refractivity contribution is 5.85. The molecule has 1 atom stereocenters. The number of nitrogens with one attached hydrogen (secondary N) is 1. The number of rotatable bonds is 3. The molecular formula is C17H23NO4. The van der Waals surface area contributed by atoms with E-state index in [-0.39, 0.29) is 12.3 Å². The van der Waals surface area contributed by atoms with Gasteiger partial charge in [-0.05, 0) is 69.2 Å². The summed E-state index contributed by atoms with van der Waals surface area (Å²) in [4.78, 5) is 22.6. The van der Waals surface area contributed by atoms with E-state index in [1.807, 2.05) is 39.0 Å². The first-order valence-electron chi connectivity index (χ1n) is 7.56. The molecule has 0 saturated carbocycles. The molecule has 1 aromatic carbocycles. The molecule has 22 heavy (non-hydrogen) atoms. The second kappa shape index (κ2) is 6.38. The molecule has 1 amide bonds. The number of carboxylic acids is 1. The summed E-state index contributed by atoms with van der Waals surface area (Å²) in [6.07, 6.45) is 2.25. The number of carboxylic acid groups (broad SMARTS) is 1. The molecule has 1 aliphatic rings. The van der Waals surface area contributed by atoms with Crippen molar-refractivity contribution in [3.05, 3.63) is 29.3 Å². The van der Waals surface area contributed by atoms with E-state index in [1.54, 1.807) is 0 Å². The number of hydrogen-bond acceptors (Lipinski definition) is 3. The lowest BCUT2D eigenvalue weighted by molar-refractivity contribution is -0.138. The molecule has 2 N–H and O–H groups in total. The maximum atomic E-state index is 11.8. The Bertz CT molecular complexity index is 575. The van der Waals surface area contributed by atoms with Gasteiger partial charge < -0.3 is 9.84 Å². The van der Waals surface area contributed by atoms with Crippen molar-refractivity contribution < 1.29 is 19.4 Å². The molecule has 0 aromatic heterocycles. The van der Waals surface area contributed by atoms with Crippen LogP contribution < -0.4 is 5.32 Å². The van der Waals surface area contributed by atoms with Crippen molar-refractivity contribution in [1.29, 1.82) is 0 Å². The second-order valence-corrected chi connectivity index (χ2v) is 6.82. The lowest BCUT2D eigenvalue weighted by Crippen LogP contribution is -2.27. The molecule has 0 spiro atoms. The Kier molecular flexibility index (Phi) is 4.74. The van der Waals surface area contributed by atoms with Gasteiger partial charge in [-0.1, -0.05) is 6.07 Å². The number of amides is 1. The Morgan fingerprint density at radius 1 is 1.32 bits per heavy atom. The predicted molar refractivity (Wildman–Crippen MR) is 84.1 cm³/mol. The highest BCUT2D eigenvalue weighted by atomic mass is 16.6. The predicted octanol–water partition coefficient (Wildman–Crippen LogP) is 3.61. The third-order valence-corrected chi connectivity index (χ3v) is 3.65. The molecule has 1 aromatic rings. The van der Waals surface area contributed by atoms with Crippen molar-refractivity contribution in [2.24, 2.45) is 5.92 Å². The van der Waals surface area contributed by atoms with E-state index in [4.69, 9.17) is 9.84 Å². The molecule has 0 heterocycles. The van der Waals surface area contributed by atoms with Crippen molar-refractivity contribution in [3.8, 4) is 0 Å². The van der Waals surface area contributed by atoms with Crippen LogP contribution in [0.2, 0.25) is 0 Å². The van der Waals surface area contributed by atoms with Gasteiger partial charge in [0.25, 0.3) is 0 Å². The highest BCUT2D eigenvalue weighted by Crippen LogP contribution is 2.29. The number of ether oxygens (including phenoxy) is 1. The average molecular weight is 305 g/mol. The minimum atomic E-state index is -0.753. The number of carbonyl (C=O) groups is 2. The molecule has 120 valence electrons. The number of aryl methyl sites for hydroxylation is 1.